The van der Waals surface area contributed by atoms with Crippen LogP contribution in [0.5, 0.6) is 5.75 Å². The minimum atomic E-state index is -0.208. The third-order valence-corrected chi connectivity index (χ3v) is 2.95. The molecule has 3 N–H and O–H groups in total. The predicted octanol–water partition coefficient (Wildman–Crippen LogP) is 0.712. The van der Waals surface area contributed by atoms with Gasteiger partial charge < -0.3 is 15.8 Å². The molecule has 0 aliphatic carbocycles. The maximum Gasteiger partial charge on any atom is 0.258 e. The molecule has 0 bridgehead atoms. The number of carbonyl (C=O) groups is 1. The van der Waals surface area contributed by atoms with Gasteiger partial charge in [0.2, 0.25) is 0 Å². The van der Waals surface area contributed by atoms with Crippen LogP contribution in [0.1, 0.15) is 5.56 Å². The summed E-state index contributed by atoms with van der Waals surface area (Å²) in [5.74, 6) is 0.298. The number of thiocarbonyl (C=S) groups is 1. The van der Waals surface area contributed by atoms with Crippen LogP contribution in [0.15, 0.2) is 42.7 Å². The molecule has 0 atom stereocenters. The van der Waals surface area contributed by atoms with Gasteiger partial charge in [-0.1, -0.05) is 24.4 Å². The summed E-state index contributed by atoms with van der Waals surface area (Å²) >= 11 is 4.93. The van der Waals surface area contributed by atoms with Crippen molar-refractivity contribution < 1.29 is 9.53 Å². The summed E-state index contributed by atoms with van der Waals surface area (Å²) in [6.45, 7) is 1.02. The molecule has 6 nitrogen and oxygen atoms in total. The molecule has 1 heterocycles. The molecule has 1 aromatic carbocycles. The molecule has 7 heteroatoms. The molecule has 0 aliphatic rings. The molecule has 0 unspecified atom stereocenters. The molecule has 2 rings (SSSR count). The van der Waals surface area contributed by atoms with Crippen LogP contribution in [0.4, 0.5) is 0 Å². The van der Waals surface area contributed by atoms with Crippen molar-refractivity contribution in [2.75, 3.05) is 13.2 Å². The Hall–Kier alpha value is -2.41. The minimum absolute atomic E-state index is 0.0846. The van der Waals surface area contributed by atoms with Gasteiger partial charge in [-0.3, -0.25) is 9.48 Å². The van der Waals surface area contributed by atoms with E-state index in [9.17, 15) is 4.79 Å². The van der Waals surface area contributed by atoms with E-state index in [0.29, 0.717) is 24.4 Å². The molecule has 0 aliphatic heterocycles. The molecule has 1 amide bonds. The Morgan fingerprint density at radius 2 is 2.19 bits per heavy atom. The predicted molar refractivity (Wildman–Crippen MR) is 83.1 cm³/mol. The molecule has 0 fully saturated rings. The van der Waals surface area contributed by atoms with Crippen molar-refractivity contribution >= 4 is 23.1 Å². The van der Waals surface area contributed by atoms with Crippen LogP contribution < -0.4 is 15.8 Å². The molecule has 1 aromatic heterocycles. The summed E-state index contributed by atoms with van der Waals surface area (Å²) in [5, 5.41) is 6.79. The Labute approximate surface area is 127 Å². The zero-order valence-electron chi connectivity index (χ0n) is 11.4. The van der Waals surface area contributed by atoms with Gasteiger partial charge >= 0.3 is 0 Å². The summed E-state index contributed by atoms with van der Waals surface area (Å²) in [6, 6.07) is 8.93. The number of nitrogens with zero attached hydrogens (tertiary/aromatic N) is 2. The van der Waals surface area contributed by atoms with E-state index in [-0.39, 0.29) is 17.5 Å². The topological polar surface area (TPSA) is 82.2 Å². The van der Waals surface area contributed by atoms with Crippen molar-refractivity contribution in [2.24, 2.45) is 5.73 Å². The molecule has 0 spiro atoms. The van der Waals surface area contributed by atoms with Crippen LogP contribution in [0, 0.1) is 0 Å². The number of para-hydroxylation sites is 1. The number of rotatable bonds is 7. The Morgan fingerprint density at radius 1 is 1.38 bits per heavy atom. The molecule has 0 radical (unpaired) electrons. The number of carbonyl (C=O) groups excluding carboxylic acids is 1. The van der Waals surface area contributed by atoms with Gasteiger partial charge in [0.1, 0.15) is 10.7 Å². The minimum Gasteiger partial charge on any atom is -0.483 e. The lowest BCUT2D eigenvalue weighted by Gasteiger charge is -2.10. The summed E-state index contributed by atoms with van der Waals surface area (Å²) in [7, 11) is 0. The van der Waals surface area contributed by atoms with E-state index in [0.717, 1.165) is 0 Å². The number of hydrogen-bond acceptors (Lipinski definition) is 4. The van der Waals surface area contributed by atoms with E-state index in [1.807, 2.05) is 18.3 Å². The lowest BCUT2D eigenvalue weighted by atomic mass is 10.2. The fraction of sp³-hybridized carbons (Fsp3) is 0.214. The highest BCUT2D eigenvalue weighted by Crippen LogP contribution is 2.17. The molecule has 110 valence electrons. The lowest BCUT2D eigenvalue weighted by molar-refractivity contribution is -0.123. The van der Waals surface area contributed by atoms with Crippen molar-refractivity contribution in [3.05, 3.63) is 48.3 Å². The fourth-order valence-corrected chi connectivity index (χ4v) is 1.90. The van der Waals surface area contributed by atoms with Crippen molar-refractivity contribution in [1.82, 2.24) is 15.1 Å². The maximum atomic E-state index is 11.7. The molecular formula is C14H16N4O2S. The van der Waals surface area contributed by atoms with Crippen molar-refractivity contribution in [1.29, 1.82) is 0 Å². The first-order chi connectivity index (χ1) is 10.2. The fourth-order valence-electron chi connectivity index (χ4n) is 1.73. The highest BCUT2D eigenvalue weighted by atomic mass is 32.1. The number of nitrogens with one attached hydrogen (secondary N) is 1. The SMILES string of the molecule is NC(=S)c1ccccc1OCC(=O)NCCn1cccn1. The van der Waals surface area contributed by atoms with Crippen LogP contribution in [0.25, 0.3) is 0 Å². The van der Waals surface area contributed by atoms with Gasteiger partial charge in [0.05, 0.1) is 12.1 Å². The van der Waals surface area contributed by atoms with Crippen LogP contribution >= 0.6 is 12.2 Å². The highest BCUT2D eigenvalue weighted by Gasteiger charge is 2.08. The lowest BCUT2D eigenvalue weighted by Crippen LogP contribution is -2.32. The summed E-state index contributed by atoms with van der Waals surface area (Å²) in [6.07, 6.45) is 3.53. The van der Waals surface area contributed by atoms with E-state index >= 15 is 0 Å². The Balaban J connectivity index is 1.77. The van der Waals surface area contributed by atoms with E-state index in [2.05, 4.69) is 10.4 Å². The first-order valence-electron chi connectivity index (χ1n) is 6.42. The third-order valence-electron chi connectivity index (χ3n) is 2.73. The van der Waals surface area contributed by atoms with E-state index in [1.165, 1.54) is 0 Å². The molecule has 21 heavy (non-hydrogen) atoms. The zero-order valence-corrected chi connectivity index (χ0v) is 12.2. The van der Waals surface area contributed by atoms with E-state index < -0.39 is 0 Å². The Kier molecular flexibility index (Phi) is 5.28. The Morgan fingerprint density at radius 3 is 2.90 bits per heavy atom. The van der Waals surface area contributed by atoms with Crippen LogP contribution in [0.2, 0.25) is 0 Å². The second kappa shape index (κ2) is 7.39. The Bertz CT molecular complexity index is 613. The first kappa shape index (κ1) is 15.0. The van der Waals surface area contributed by atoms with Gasteiger partial charge in [0, 0.05) is 18.9 Å². The first-order valence-corrected chi connectivity index (χ1v) is 6.83. The normalized spacial score (nSPS) is 10.1. The number of hydrogen-bond donors (Lipinski definition) is 2. The smallest absolute Gasteiger partial charge is 0.258 e. The molecular weight excluding hydrogens is 288 g/mol. The van der Waals surface area contributed by atoms with Crippen molar-refractivity contribution in [3.8, 4) is 5.75 Å². The van der Waals surface area contributed by atoms with E-state index in [4.69, 9.17) is 22.7 Å². The van der Waals surface area contributed by atoms with Gasteiger partial charge in [-0.15, -0.1) is 0 Å². The second-order valence-corrected chi connectivity index (χ2v) is 4.71. The second-order valence-electron chi connectivity index (χ2n) is 4.27. The van der Waals surface area contributed by atoms with Gasteiger partial charge in [-0.2, -0.15) is 5.10 Å². The summed E-state index contributed by atoms with van der Waals surface area (Å²) in [5.41, 5.74) is 6.22. The van der Waals surface area contributed by atoms with Gasteiger partial charge in [0.25, 0.3) is 5.91 Å². The zero-order chi connectivity index (χ0) is 15.1. The number of aromatic nitrogens is 2. The maximum absolute atomic E-state index is 11.7. The number of amides is 1. The highest BCUT2D eigenvalue weighted by molar-refractivity contribution is 7.80. The molecule has 2 aromatic rings. The summed E-state index contributed by atoms with van der Waals surface area (Å²) < 4.78 is 7.19. The molecule has 0 saturated carbocycles. The quantitative estimate of drug-likeness (QED) is 0.736. The standard InChI is InChI=1S/C14H16N4O2S/c15-14(21)11-4-1-2-5-12(11)20-10-13(19)16-7-9-18-8-3-6-17-18/h1-6,8H,7,9-10H2,(H2,15,21)(H,16,19). The van der Waals surface area contributed by atoms with Crippen LogP contribution in [-0.4, -0.2) is 33.8 Å². The number of nitrogens with two attached hydrogens (primary N) is 1. The third kappa shape index (κ3) is 4.57. The average molecular weight is 304 g/mol. The van der Waals surface area contributed by atoms with Gasteiger partial charge in [-0.05, 0) is 18.2 Å². The average Bonchev–Trinajstić information content (AvgIpc) is 2.98. The van der Waals surface area contributed by atoms with Crippen molar-refractivity contribution in [2.45, 2.75) is 6.54 Å². The number of benzene rings is 1. The number of ether oxygens (including phenoxy) is 1. The van der Waals surface area contributed by atoms with E-state index in [1.54, 1.807) is 29.1 Å². The van der Waals surface area contributed by atoms with Crippen LogP contribution in [-0.2, 0) is 11.3 Å². The van der Waals surface area contributed by atoms with Crippen molar-refractivity contribution in [3.63, 3.8) is 0 Å². The van der Waals surface area contributed by atoms with Crippen LogP contribution in [0.3, 0.4) is 0 Å². The summed E-state index contributed by atoms with van der Waals surface area (Å²) in [4.78, 5) is 11.9. The molecule has 0 saturated heterocycles. The van der Waals surface area contributed by atoms with Gasteiger partial charge in [-0.25, -0.2) is 0 Å². The largest absolute Gasteiger partial charge is 0.483 e. The van der Waals surface area contributed by atoms with Gasteiger partial charge in [0.15, 0.2) is 6.61 Å². The monoisotopic (exact) mass is 304 g/mol.